The average Bonchev–Trinajstić information content (AvgIpc) is 3.58. The molecular formula is C19H25N3O6S. The molecular weight excluding hydrogens is 398 g/mol. The van der Waals surface area contributed by atoms with E-state index in [1.807, 2.05) is 0 Å². The average molecular weight is 423 g/mol. The van der Waals surface area contributed by atoms with Gasteiger partial charge >= 0.3 is 0 Å². The maximum atomic E-state index is 12.6. The molecule has 0 bridgehead atoms. The summed E-state index contributed by atoms with van der Waals surface area (Å²) in [5, 5.41) is 0. The predicted octanol–water partition coefficient (Wildman–Crippen LogP) is 0.207. The Labute approximate surface area is 170 Å². The van der Waals surface area contributed by atoms with Crippen LogP contribution < -0.4 is 14.2 Å². The van der Waals surface area contributed by atoms with Crippen LogP contribution >= 0.6 is 0 Å². The standard InChI is InChI=1S/C19H25N3O6S/c23-18(21-6-8-22(9-7-21)19(24)14-2-3-14)13-20-29(25,26)15-4-5-16-17(12-15)28-11-1-10-27-16/h4-5,12,14,20H,1-3,6-11,13H2. The molecule has 9 nitrogen and oxygen atoms in total. The number of nitrogens with zero attached hydrogens (tertiary/aromatic N) is 2. The highest BCUT2D eigenvalue weighted by molar-refractivity contribution is 7.89. The van der Waals surface area contributed by atoms with Crippen LogP contribution in [-0.4, -0.2) is 76.0 Å². The number of hydrogen-bond acceptors (Lipinski definition) is 6. The Hall–Kier alpha value is -2.33. The van der Waals surface area contributed by atoms with Crippen molar-refractivity contribution in [2.75, 3.05) is 45.9 Å². The summed E-state index contributed by atoms with van der Waals surface area (Å²) < 4.78 is 38.6. The molecule has 1 aromatic carbocycles. The molecule has 10 heteroatoms. The van der Waals surface area contributed by atoms with Crippen molar-refractivity contribution < 1.29 is 27.5 Å². The first-order valence-corrected chi connectivity index (χ1v) is 11.4. The zero-order valence-corrected chi connectivity index (χ0v) is 16.9. The van der Waals surface area contributed by atoms with Gasteiger partial charge in [-0.05, 0) is 25.0 Å². The fraction of sp³-hybridized carbons (Fsp3) is 0.579. The van der Waals surface area contributed by atoms with E-state index in [4.69, 9.17) is 9.47 Å². The summed E-state index contributed by atoms with van der Waals surface area (Å²) in [4.78, 5) is 27.9. The largest absolute Gasteiger partial charge is 0.490 e. The second kappa shape index (κ2) is 8.19. The molecule has 1 aliphatic carbocycles. The molecule has 2 heterocycles. The summed E-state index contributed by atoms with van der Waals surface area (Å²) in [6.07, 6.45) is 2.64. The van der Waals surface area contributed by atoms with Crippen molar-refractivity contribution in [2.24, 2.45) is 5.92 Å². The van der Waals surface area contributed by atoms with Gasteiger partial charge in [-0.25, -0.2) is 13.1 Å². The number of fused-ring (bicyclic) bond motifs is 1. The van der Waals surface area contributed by atoms with Crippen LogP contribution in [0.5, 0.6) is 11.5 Å². The molecule has 158 valence electrons. The van der Waals surface area contributed by atoms with Gasteiger partial charge in [-0.2, -0.15) is 0 Å². The van der Waals surface area contributed by atoms with Crippen molar-refractivity contribution in [1.29, 1.82) is 0 Å². The van der Waals surface area contributed by atoms with E-state index in [-0.39, 0.29) is 29.2 Å². The smallest absolute Gasteiger partial charge is 0.241 e. The van der Waals surface area contributed by atoms with E-state index in [0.717, 1.165) is 19.3 Å². The summed E-state index contributed by atoms with van der Waals surface area (Å²) in [5.41, 5.74) is 0. The lowest BCUT2D eigenvalue weighted by Crippen LogP contribution is -2.52. The first-order valence-electron chi connectivity index (χ1n) is 9.90. The molecule has 0 atom stereocenters. The van der Waals surface area contributed by atoms with E-state index in [1.165, 1.54) is 12.1 Å². The van der Waals surface area contributed by atoms with Gasteiger partial charge in [0.05, 0.1) is 24.7 Å². The zero-order chi connectivity index (χ0) is 20.4. The van der Waals surface area contributed by atoms with E-state index in [0.29, 0.717) is 50.9 Å². The van der Waals surface area contributed by atoms with Gasteiger partial charge in [0.2, 0.25) is 21.8 Å². The molecule has 4 rings (SSSR count). The van der Waals surface area contributed by atoms with Crippen molar-refractivity contribution in [2.45, 2.75) is 24.2 Å². The third-order valence-corrected chi connectivity index (χ3v) is 6.71. The highest BCUT2D eigenvalue weighted by Gasteiger charge is 2.35. The minimum Gasteiger partial charge on any atom is -0.490 e. The molecule has 0 radical (unpaired) electrons. The molecule has 1 aromatic rings. The molecule has 0 aromatic heterocycles. The van der Waals surface area contributed by atoms with Gasteiger partial charge in [0.1, 0.15) is 0 Å². The highest BCUT2D eigenvalue weighted by Crippen LogP contribution is 2.32. The number of hydrogen-bond donors (Lipinski definition) is 1. The molecule has 1 saturated carbocycles. The van der Waals surface area contributed by atoms with Crippen LogP contribution in [0.25, 0.3) is 0 Å². The number of amides is 2. The maximum Gasteiger partial charge on any atom is 0.241 e. The Kier molecular flexibility index (Phi) is 5.64. The third kappa shape index (κ3) is 4.64. The van der Waals surface area contributed by atoms with Crippen molar-refractivity contribution in [3.63, 3.8) is 0 Å². The molecule has 0 spiro atoms. The lowest BCUT2D eigenvalue weighted by Gasteiger charge is -2.35. The Morgan fingerprint density at radius 3 is 2.34 bits per heavy atom. The summed E-state index contributed by atoms with van der Waals surface area (Å²) in [7, 11) is -3.86. The van der Waals surface area contributed by atoms with Crippen LogP contribution in [-0.2, 0) is 19.6 Å². The van der Waals surface area contributed by atoms with E-state index in [1.54, 1.807) is 15.9 Å². The monoisotopic (exact) mass is 423 g/mol. The van der Waals surface area contributed by atoms with Crippen molar-refractivity contribution in [3.05, 3.63) is 18.2 Å². The van der Waals surface area contributed by atoms with Gasteiger partial charge in [-0.1, -0.05) is 0 Å². The first kappa shape index (κ1) is 20.0. The number of benzene rings is 1. The van der Waals surface area contributed by atoms with Gasteiger partial charge in [0, 0.05) is 44.6 Å². The fourth-order valence-corrected chi connectivity index (χ4v) is 4.42. The summed E-state index contributed by atoms with van der Waals surface area (Å²) in [6, 6.07) is 4.41. The lowest BCUT2D eigenvalue weighted by atomic mass is 10.2. The number of carbonyl (C=O) groups excluding carboxylic acids is 2. The summed E-state index contributed by atoms with van der Waals surface area (Å²) in [6.45, 7) is 2.48. The van der Waals surface area contributed by atoms with Gasteiger partial charge in [0.25, 0.3) is 0 Å². The number of piperazine rings is 1. The van der Waals surface area contributed by atoms with Crippen LogP contribution in [0.2, 0.25) is 0 Å². The molecule has 2 aliphatic heterocycles. The van der Waals surface area contributed by atoms with Crippen molar-refractivity contribution >= 4 is 21.8 Å². The van der Waals surface area contributed by atoms with Gasteiger partial charge in [-0.3, -0.25) is 9.59 Å². The first-order chi connectivity index (χ1) is 13.9. The van der Waals surface area contributed by atoms with Crippen LogP contribution in [0, 0.1) is 5.92 Å². The van der Waals surface area contributed by atoms with Gasteiger partial charge in [-0.15, -0.1) is 0 Å². The third-order valence-electron chi connectivity index (χ3n) is 5.31. The normalized spacial score (nSPS) is 19.6. The Morgan fingerprint density at radius 2 is 1.66 bits per heavy atom. The minimum absolute atomic E-state index is 0.0226. The molecule has 29 heavy (non-hydrogen) atoms. The molecule has 1 saturated heterocycles. The number of carbonyl (C=O) groups is 2. The topological polar surface area (TPSA) is 105 Å². The van der Waals surface area contributed by atoms with E-state index in [2.05, 4.69) is 4.72 Å². The number of nitrogens with one attached hydrogen (secondary N) is 1. The minimum atomic E-state index is -3.86. The second-order valence-electron chi connectivity index (χ2n) is 7.46. The second-order valence-corrected chi connectivity index (χ2v) is 9.23. The number of rotatable bonds is 5. The van der Waals surface area contributed by atoms with Crippen LogP contribution in [0.3, 0.4) is 0 Å². The van der Waals surface area contributed by atoms with Crippen molar-refractivity contribution in [3.8, 4) is 11.5 Å². The molecule has 0 unspecified atom stereocenters. The van der Waals surface area contributed by atoms with E-state index >= 15 is 0 Å². The number of ether oxygens (including phenoxy) is 2. The number of sulfonamides is 1. The zero-order valence-electron chi connectivity index (χ0n) is 16.1. The van der Waals surface area contributed by atoms with Gasteiger partial charge in [0.15, 0.2) is 11.5 Å². The Morgan fingerprint density at radius 1 is 1.00 bits per heavy atom. The van der Waals surface area contributed by atoms with E-state index in [9.17, 15) is 18.0 Å². The van der Waals surface area contributed by atoms with Gasteiger partial charge < -0.3 is 19.3 Å². The summed E-state index contributed by atoms with van der Waals surface area (Å²) >= 11 is 0. The van der Waals surface area contributed by atoms with Crippen LogP contribution in [0.4, 0.5) is 0 Å². The highest BCUT2D eigenvalue weighted by atomic mass is 32.2. The summed E-state index contributed by atoms with van der Waals surface area (Å²) in [5.74, 6) is 0.928. The maximum absolute atomic E-state index is 12.6. The van der Waals surface area contributed by atoms with E-state index < -0.39 is 10.0 Å². The fourth-order valence-electron chi connectivity index (χ4n) is 3.43. The molecule has 2 amide bonds. The van der Waals surface area contributed by atoms with Crippen LogP contribution in [0.1, 0.15) is 19.3 Å². The predicted molar refractivity (Wildman–Crippen MR) is 103 cm³/mol. The quantitative estimate of drug-likeness (QED) is 0.726. The van der Waals surface area contributed by atoms with Crippen molar-refractivity contribution in [1.82, 2.24) is 14.5 Å². The Bertz CT molecular complexity index is 891. The molecule has 3 aliphatic rings. The Balaban J connectivity index is 1.31. The lowest BCUT2D eigenvalue weighted by molar-refractivity contribution is -0.139. The molecule has 2 fully saturated rings. The SMILES string of the molecule is O=C(CNS(=O)(=O)c1ccc2c(c1)OCCCO2)N1CCN(C(=O)C2CC2)CC1. The van der Waals surface area contributed by atoms with Crippen LogP contribution in [0.15, 0.2) is 23.1 Å². The molecule has 1 N–H and O–H groups in total.